The van der Waals surface area contributed by atoms with Gasteiger partial charge in [0, 0.05) is 63.1 Å². The molecule has 0 unspecified atom stereocenters. The Morgan fingerprint density at radius 1 is 1.21 bits per heavy atom. The van der Waals surface area contributed by atoms with E-state index in [-0.39, 0.29) is 0 Å². The number of fused-ring (bicyclic) bond motifs is 1. The third-order valence-corrected chi connectivity index (χ3v) is 6.25. The Labute approximate surface area is 167 Å². The minimum absolute atomic E-state index is 0.402. The highest BCUT2D eigenvalue weighted by Gasteiger charge is 2.31. The highest BCUT2D eigenvalue weighted by atomic mass is 16.5. The first kappa shape index (κ1) is 19.4. The predicted octanol–water partition coefficient (Wildman–Crippen LogP) is 3.78. The summed E-state index contributed by atoms with van der Waals surface area (Å²) in [6.45, 7) is 5.63. The van der Waals surface area contributed by atoms with E-state index < -0.39 is 0 Å². The molecule has 1 saturated carbocycles. The van der Waals surface area contributed by atoms with E-state index in [9.17, 15) is 4.79 Å². The van der Waals surface area contributed by atoms with Crippen molar-refractivity contribution < 1.29 is 9.53 Å². The van der Waals surface area contributed by atoms with Crippen LogP contribution in [0.4, 0.5) is 5.95 Å². The summed E-state index contributed by atoms with van der Waals surface area (Å²) in [4.78, 5) is 23.7. The lowest BCUT2D eigenvalue weighted by Gasteiger charge is -2.38. The zero-order valence-corrected chi connectivity index (χ0v) is 17.0. The van der Waals surface area contributed by atoms with Gasteiger partial charge in [0.25, 0.3) is 0 Å². The van der Waals surface area contributed by atoms with Gasteiger partial charge in [-0.25, -0.2) is 9.97 Å². The van der Waals surface area contributed by atoms with Crippen LogP contribution >= 0.6 is 0 Å². The number of Topliss-reactive ketones (excluding diaryl/α,β-unsaturated/α-hetero) is 1. The third-order valence-electron chi connectivity index (χ3n) is 6.25. The Bertz CT molecular complexity index is 717. The van der Waals surface area contributed by atoms with E-state index in [2.05, 4.69) is 28.3 Å². The minimum Gasteiger partial charge on any atom is -0.381 e. The van der Waals surface area contributed by atoms with E-state index in [1.54, 1.807) is 0 Å². The van der Waals surface area contributed by atoms with E-state index in [0.29, 0.717) is 30.6 Å². The molecule has 3 aliphatic rings. The van der Waals surface area contributed by atoms with Crippen molar-refractivity contribution in [3.63, 3.8) is 0 Å². The van der Waals surface area contributed by atoms with Crippen LogP contribution in [0, 0.1) is 5.92 Å². The van der Waals surface area contributed by atoms with Gasteiger partial charge < -0.3 is 15.0 Å². The molecule has 2 aliphatic heterocycles. The van der Waals surface area contributed by atoms with Gasteiger partial charge in [-0.1, -0.05) is 13.3 Å². The van der Waals surface area contributed by atoms with Gasteiger partial charge in [-0.2, -0.15) is 0 Å². The summed E-state index contributed by atoms with van der Waals surface area (Å²) in [5.41, 5.74) is 3.61. The standard InChI is InChI=1S/C22H32N4O2/c1-2-3-10-23-22-24-13-17-14-26(18-8-11-28-12-9-18)15-20(21(17)25-22)16-4-6-19(27)7-5-16/h13,15-16,18H,2-12,14H2,1H3,(H,23,24,25). The molecule has 152 valence electrons. The molecule has 0 aromatic carbocycles. The lowest BCUT2D eigenvalue weighted by atomic mass is 9.80. The molecule has 2 fully saturated rings. The van der Waals surface area contributed by atoms with E-state index in [4.69, 9.17) is 9.72 Å². The summed E-state index contributed by atoms with van der Waals surface area (Å²) >= 11 is 0. The second kappa shape index (κ2) is 9.03. The van der Waals surface area contributed by atoms with Crippen LogP contribution in [0.1, 0.15) is 69.5 Å². The number of rotatable bonds is 6. The number of anilines is 1. The van der Waals surface area contributed by atoms with Crippen molar-refractivity contribution >= 4 is 17.3 Å². The Balaban J connectivity index is 1.60. The molecule has 0 atom stereocenters. The number of ketones is 1. The fourth-order valence-corrected chi connectivity index (χ4v) is 4.52. The molecule has 0 bridgehead atoms. The highest BCUT2D eigenvalue weighted by molar-refractivity contribution is 5.80. The van der Waals surface area contributed by atoms with Crippen LogP contribution in [-0.4, -0.2) is 46.5 Å². The maximum atomic E-state index is 11.8. The fraction of sp³-hybridized carbons (Fsp3) is 0.682. The quantitative estimate of drug-likeness (QED) is 0.753. The second-order valence-electron chi connectivity index (χ2n) is 8.26. The number of nitrogens with zero attached hydrogens (tertiary/aromatic N) is 3. The van der Waals surface area contributed by atoms with E-state index >= 15 is 0 Å². The molecule has 6 nitrogen and oxygen atoms in total. The van der Waals surface area contributed by atoms with Crippen molar-refractivity contribution in [3.05, 3.63) is 23.7 Å². The van der Waals surface area contributed by atoms with Gasteiger partial charge in [-0.15, -0.1) is 0 Å². The molecule has 28 heavy (non-hydrogen) atoms. The molecule has 1 aromatic heterocycles. The Morgan fingerprint density at radius 3 is 2.75 bits per heavy atom. The van der Waals surface area contributed by atoms with Gasteiger partial charge in [-0.05, 0) is 43.6 Å². The number of hydrogen-bond donors (Lipinski definition) is 1. The molecule has 0 spiro atoms. The molecule has 1 aromatic rings. The van der Waals surface area contributed by atoms with Crippen molar-refractivity contribution in [1.29, 1.82) is 0 Å². The van der Waals surface area contributed by atoms with Gasteiger partial charge in [0.2, 0.25) is 5.95 Å². The lowest BCUT2D eigenvalue weighted by Crippen LogP contribution is -2.38. The number of aromatic nitrogens is 2. The molecule has 3 heterocycles. The zero-order chi connectivity index (χ0) is 19.3. The number of carbonyl (C=O) groups is 1. The van der Waals surface area contributed by atoms with Crippen LogP contribution in [0.3, 0.4) is 0 Å². The smallest absolute Gasteiger partial charge is 0.223 e. The summed E-state index contributed by atoms with van der Waals surface area (Å²) < 4.78 is 5.56. The fourth-order valence-electron chi connectivity index (χ4n) is 4.52. The van der Waals surface area contributed by atoms with Crippen molar-refractivity contribution in [2.75, 3.05) is 25.1 Å². The van der Waals surface area contributed by atoms with Crippen molar-refractivity contribution in [3.8, 4) is 0 Å². The highest BCUT2D eigenvalue weighted by Crippen LogP contribution is 2.39. The van der Waals surface area contributed by atoms with Crippen molar-refractivity contribution in [1.82, 2.24) is 14.9 Å². The van der Waals surface area contributed by atoms with Crippen LogP contribution in [0.25, 0.3) is 5.57 Å². The SMILES string of the molecule is CCCCNc1ncc2c(n1)C(C1CCC(=O)CC1)=CN(C1CCOCC1)C2. The zero-order valence-electron chi connectivity index (χ0n) is 17.0. The van der Waals surface area contributed by atoms with Gasteiger partial charge >= 0.3 is 0 Å². The predicted molar refractivity (Wildman–Crippen MR) is 110 cm³/mol. The maximum absolute atomic E-state index is 11.8. The first-order valence-electron chi connectivity index (χ1n) is 10.9. The topological polar surface area (TPSA) is 67.4 Å². The number of nitrogens with one attached hydrogen (secondary N) is 1. The first-order chi connectivity index (χ1) is 13.7. The van der Waals surface area contributed by atoms with Crippen LogP contribution in [0.15, 0.2) is 12.4 Å². The number of allylic oxidation sites excluding steroid dienone is 1. The molecular weight excluding hydrogens is 352 g/mol. The van der Waals surface area contributed by atoms with Crippen LogP contribution < -0.4 is 5.32 Å². The molecule has 0 radical (unpaired) electrons. The molecule has 6 heteroatoms. The Kier molecular flexibility index (Phi) is 6.25. The largest absolute Gasteiger partial charge is 0.381 e. The van der Waals surface area contributed by atoms with Gasteiger partial charge in [0.1, 0.15) is 5.78 Å². The number of ether oxygens (including phenoxy) is 1. The monoisotopic (exact) mass is 384 g/mol. The minimum atomic E-state index is 0.402. The molecule has 1 N–H and O–H groups in total. The number of unbranched alkanes of at least 4 members (excludes halogenated alkanes) is 1. The summed E-state index contributed by atoms with van der Waals surface area (Å²) in [5.74, 6) is 1.54. The van der Waals surface area contributed by atoms with Crippen molar-refractivity contribution in [2.24, 2.45) is 5.92 Å². The number of carbonyl (C=O) groups excluding carboxylic acids is 1. The molecule has 0 amide bonds. The third kappa shape index (κ3) is 4.37. The molecule has 4 rings (SSSR count). The van der Waals surface area contributed by atoms with Gasteiger partial charge in [0.15, 0.2) is 0 Å². The van der Waals surface area contributed by atoms with Crippen LogP contribution in [0.2, 0.25) is 0 Å². The van der Waals surface area contributed by atoms with Crippen LogP contribution in [0.5, 0.6) is 0 Å². The van der Waals surface area contributed by atoms with Gasteiger partial charge in [0.05, 0.1) is 5.69 Å². The summed E-state index contributed by atoms with van der Waals surface area (Å²) in [6, 6.07) is 0.518. The van der Waals surface area contributed by atoms with E-state index in [0.717, 1.165) is 76.5 Å². The Hall–Kier alpha value is -1.95. The van der Waals surface area contributed by atoms with Crippen molar-refractivity contribution in [2.45, 2.75) is 70.9 Å². The average Bonchev–Trinajstić information content (AvgIpc) is 2.74. The van der Waals surface area contributed by atoms with Gasteiger partial charge in [-0.3, -0.25) is 4.79 Å². The maximum Gasteiger partial charge on any atom is 0.223 e. The lowest BCUT2D eigenvalue weighted by molar-refractivity contribution is -0.120. The normalized spacial score (nSPS) is 21.4. The summed E-state index contributed by atoms with van der Waals surface area (Å²) in [6.07, 6.45) is 12.0. The second-order valence-corrected chi connectivity index (χ2v) is 8.26. The summed E-state index contributed by atoms with van der Waals surface area (Å²) in [7, 11) is 0. The average molecular weight is 385 g/mol. The first-order valence-corrected chi connectivity index (χ1v) is 10.9. The molecular formula is C22H32N4O2. The molecule has 1 aliphatic carbocycles. The van der Waals surface area contributed by atoms with E-state index in [1.807, 2.05) is 6.20 Å². The molecule has 1 saturated heterocycles. The number of hydrogen-bond acceptors (Lipinski definition) is 6. The van der Waals surface area contributed by atoms with E-state index in [1.165, 1.54) is 11.1 Å². The van der Waals surface area contributed by atoms with Crippen LogP contribution in [-0.2, 0) is 16.1 Å². The Morgan fingerprint density at radius 2 is 2.00 bits per heavy atom. The summed E-state index contributed by atoms with van der Waals surface area (Å²) in [5, 5.41) is 3.37.